The monoisotopic (exact) mass is 242 g/mol. The van der Waals surface area contributed by atoms with E-state index in [1.807, 2.05) is 39.5 Å². The van der Waals surface area contributed by atoms with Crippen LogP contribution >= 0.6 is 0 Å². The van der Waals surface area contributed by atoms with Gasteiger partial charge in [-0.2, -0.15) is 0 Å². The van der Waals surface area contributed by atoms with Gasteiger partial charge in [0.1, 0.15) is 6.04 Å². The lowest BCUT2D eigenvalue weighted by Crippen LogP contribution is -2.68. The summed E-state index contributed by atoms with van der Waals surface area (Å²) in [5, 5.41) is 11.8. The minimum absolute atomic E-state index is 0.154. The van der Waals surface area contributed by atoms with Gasteiger partial charge in [0.15, 0.2) is 0 Å². The second kappa shape index (κ2) is 4.29. The molecule has 5 nitrogen and oxygen atoms in total. The van der Waals surface area contributed by atoms with Crippen molar-refractivity contribution in [3.8, 4) is 0 Å². The highest BCUT2D eigenvalue weighted by Crippen LogP contribution is 2.26. The zero-order valence-electron chi connectivity index (χ0n) is 11.2. The van der Waals surface area contributed by atoms with Crippen LogP contribution in [0.1, 0.15) is 41.0 Å². The SMILES string of the molecule is CC1(C)CN(C(C)(C)C)C(CC(=O)O)C(=O)N1. The van der Waals surface area contributed by atoms with Gasteiger partial charge in [0.05, 0.1) is 6.42 Å². The largest absolute Gasteiger partial charge is 0.481 e. The fourth-order valence-electron chi connectivity index (χ4n) is 2.21. The van der Waals surface area contributed by atoms with E-state index < -0.39 is 12.0 Å². The Morgan fingerprint density at radius 1 is 1.53 bits per heavy atom. The van der Waals surface area contributed by atoms with E-state index in [4.69, 9.17) is 5.11 Å². The maximum Gasteiger partial charge on any atom is 0.305 e. The third-order valence-electron chi connectivity index (χ3n) is 2.94. The molecule has 0 bridgehead atoms. The van der Waals surface area contributed by atoms with Crippen LogP contribution in [0.2, 0.25) is 0 Å². The first-order chi connectivity index (χ1) is 7.53. The van der Waals surface area contributed by atoms with Gasteiger partial charge in [-0.15, -0.1) is 0 Å². The first kappa shape index (κ1) is 14.0. The Labute approximate surface area is 102 Å². The Morgan fingerprint density at radius 2 is 2.06 bits per heavy atom. The van der Waals surface area contributed by atoms with Gasteiger partial charge in [-0.05, 0) is 34.6 Å². The van der Waals surface area contributed by atoms with Gasteiger partial charge in [0.2, 0.25) is 5.91 Å². The quantitative estimate of drug-likeness (QED) is 0.753. The molecule has 1 amide bonds. The molecule has 1 aliphatic heterocycles. The second-order valence-corrected chi connectivity index (χ2v) is 6.29. The van der Waals surface area contributed by atoms with Crippen LogP contribution in [0.15, 0.2) is 0 Å². The molecular weight excluding hydrogens is 220 g/mol. The maximum absolute atomic E-state index is 12.0. The number of hydrogen-bond acceptors (Lipinski definition) is 3. The molecule has 2 N–H and O–H groups in total. The number of aliphatic carboxylic acids is 1. The number of nitrogens with one attached hydrogen (secondary N) is 1. The van der Waals surface area contributed by atoms with E-state index in [0.29, 0.717) is 6.54 Å². The van der Waals surface area contributed by atoms with Crippen molar-refractivity contribution < 1.29 is 14.7 Å². The number of carbonyl (C=O) groups is 2. The van der Waals surface area contributed by atoms with Crippen LogP contribution in [-0.4, -0.2) is 45.5 Å². The molecule has 0 aromatic heterocycles. The van der Waals surface area contributed by atoms with Crippen molar-refractivity contribution >= 4 is 11.9 Å². The molecule has 1 saturated heterocycles. The first-order valence-corrected chi connectivity index (χ1v) is 5.83. The van der Waals surface area contributed by atoms with Crippen molar-refractivity contribution in [2.75, 3.05) is 6.54 Å². The van der Waals surface area contributed by atoms with Crippen molar-refractivity contribution in [1.29, 1.82) is 0 Å². The predicted molar refractivity (Wildman–Crippen MR) is 64.7 cm³/mol. The minimum atomic E-state index is -0.945. The average Bonchev–Trinajstić information content (AvgIpc) is 2.06. The molecule has 1 aliphatic rings. The van der Waals surface area contributed by atoms with Gasteiger partial charge < -0.3 is 10.4 Å². The lowest BCUT2D eigenvalue weighted by Gasteiger charge is -2.49. The minimum Gasteiger partial charge on any atom is -0.481 e. The number of rotatable bonds is 2. The maximum atomic E-state index is 12.0. The number of piperazine rings is 1. The van der Waals surface area contributed by atoms with Gasteiger partial charge in [0, 0.05) is 17.6 Å². The fraction of sp³-hybridized carbons (Fsp3) is 0.833. The van der Waals surface area contributed by atoms with Crippen molar-refractivity contribution in [3.05, 3.63) is 0 Å². The smallest absolute Gasteiger partial charge is 0.305 e. The lowest BCUT2D eigenvalue weighted by atomic mass is 9.91. The Morgan fingerprint density at radius 3 is 2.47 bits per heavy atom. The number of amides is 1. The molecule has 0 aliphatic carbocycles. The normalized spacial score (nSPS) is 25.5. The number of nitrogens with zero attached hydrogens (tertiary/aromatic N) is 1. The molecule has 1 heterocycles. The molecule has 1 fully saturated rings. The van der Waals surface area contributed by atoms with Crippen LogP contribution in [0.4, 0.5) is 0 Å². The van der Waals surface area contributed by atoms with Crippen LogP contribution in [-0.2, 0) is 9.59 Å². The van der Waals surface area contributed by atoms with E-state index in [9.17, 15) is 9.59 Å². The molecule has 1 rings (SSSR count). The zero-order chi connectivity index (χ0) is 13.4. The van der Waals surface area contributed by atoms with Gasteiger partial charge in [-0.3, -0.25) is 14.5 Å². The van der Waals surface area contributed by atoms with E-state index >= 15 is 0 Å². The molecule has 17 heavy (non-hydrogen) atoms. The molecule has 0 aromatic rings. The summed E-state index contributed by atoms with van der Waals surface area (Å²) < 4.78 is 0. The molecule has 0 spiro atoms. The Balaban J connectivity index is 2.99. The van der Waals surface area contributed by atoms with Gasteiger partial charge in [-0.25, -0.2) is 0 Å². The third kappa shape index (κ3) is 3.43. The molecule has 0 saturated carbocycles. The van der Waals surface area contributed by atoms with Crippen molar-refractivity contribution in [3.63, 3.8) is 0 Å². The van der Waals surface area contributed by atoms with E-state index in [0.717, 1.165) is 0 Å². The third-order valence-corrected chi connectivity index (χ3v) is 2.94. The Hall–Kier alpha value is -1.10. The zero-order valence-corrected chi connectivity index (χ0v) is 11.2. The van der Waals surface area contributed by atoms with Gasteiger partial charge >= 0.3 is 5.97 Å². The van der Waals surface area contributed by atoms with Gasteiger partial charge in [-0.1, -0.05) is 0 Å². The molecule has 0 aromatic carbocycles. The highest BCUT2D eigenvalue weighted by molar-refractivity contribution is 5.87. The lowest BCUT2D eigenvalue weighted by molar-refractivity contribution is -0.147. The Bertz CT molecular complexity index is 331. The van der Waals surface area contributed by atoms with Crippen molar-refractivity contribution in [1.82, 2.24) is 10.2 Å². The molecule has 98 valence electrons. The van der Waals surface area contributed by atoms with Crippen LogP contribution < -0.4 is 5.32 Å². The van der Waals surface area contributed by atoms with Crippen LogP contribution in [0.3, 0.4) is 0 Å². The summed E-state index contributed by atoms with van der Waals surface area (Å²) in [7, 11) is 0. The highest BCUT2D eigenvalue weighted by atomic mass is 16.4. The average molecular weight is 242 g/mol. The molecular formula is C12H22N2O3. The summed E-state index contributed by atoms with van der Waals surface area (Å²) in [6.45, 7) is 10.5. The summed E-state index contributed by atoms with van der Waals surface area (Å²) in [5.41, 5.74) is -0.547. The molecule has 1 atom stereocenters. The summed E-state index contributed by atoms with van der Waals surface area (Å²) in [5.74, 6) is -1.14. The summed E-state index contributed by atoms with van der Waals surface area (Å²) in [6, 6.07) is -0.583. The Kier molecular flexibility index (Phi) is 3.52. The van der Waals surface area contributed by atoms with Gasteiger partial charge in [0.25, 0.3) is 0 Å². The van der Waals surface area contributed by atoms with Crippen LogP contribution in [0.25, 0.3) is 0 Å². The second-order valence-electron chi connectivity index (χ2n) is 6.29. The standard InChI is InChI=1S/C12H22N2O3/c1-11(2,3)14-7-12(4,5)13-10(17)8(14)6-9(15)16/h8H,6-7H2,1-5H3,(H,13,17)(H,15,16). The first-order valence-electron chi connectivity index (χ1n) is 5.83. The topological polar surface area (TPSA) is 69.6 Å². The summed E-state index contributed by atoms with van der Waals surface area (Å²) in [6.07, 6.45) is -0.154. The number of hydrogen-bond donors (Lipinski definition) is 2. The molecule has 5 heteroatoms. The molecule has 1 unspecified atom stereocenters. The predicted octanol–water partition coefficient (Wildman–Crippen LogP) is 0.839. The number of carboxylic acids is 1. The number of carboxylic acid groups (broad SMARTS) is 1. The molecule has 0 radical (unpaired) electrons. The van der Waals surface area contributed by atoms with E-state index in [-0.39, 0.29) is 23.4 Å². The number of carbonyl (C=O) groups excluding carboxylic acids is 1. The van der Waals surface area contributed by atoms with E-state index in [1.54, 1.807) is 0 Å². The fourth-order valence-corrected chi connectivity index (χ4v) is 2.21. The summed E-state index contributed by atoms with van der Waals surface area (Å²) >= 11 is 0. The van der Waals surface area contributed by atoms with E-state index in [1.165, 1.54) is 0 Å². The summed E-state index contributed by atoms with van der Waals surface area (Å²) in [4.78, 5) is 24.8. The van der Waals surface area contributed by atoms with Crippen LogP contribution in [0, 0.1) is 0 Å². The van der Waals surface area contributed by atoms with E-state index in [2.05, 4.69) is 5.32 Å². The van der Waals surface area contributed by atoms with Crippen molar-refractivity contribution in [2.24, 2.45) is 0 Å². The van der Waals surface area contributed by atoms with Crippen LogP contribution in [0.5, 0.6) is 0 Å². The van der Waals surface area contributed by atoms with Crippen molar-refractivity contribution in [2.45, 2.75) is 58.2 Å². The highest BCUT2D eigenvalue weighted by Gasteiger charge is 2.43.